The van der Waals surface area contributed by atoms with Crippen LogP contribution in [0.3, 0.4) is 0 Å². The van der Waals surface area contributed by atoms with Crippen molar-refractivity contribution in [1.29, 1.82) is 0 Å². The SMILES string of the molecule is Brc1ccc(-c2cc3ccccc3s2)cc1.Brc1ccc(-c2ccc(-c3cc4ccccc4s3)cc2)cc1.Brc1ccc(-c2ccc(I)cc2)cc1.Brc1ccc(-c2csc3ccccc23)cc1.Ic1ccc(-c2ccc(-c3ccc(I)cc3)cc2)cc1.c1ccc(Nc2ccc(-c3cc4ccccc4s3)cc2)cc1. The smallest absolute Gasteiger partial charge is 0.0384 e. The predicted octanol–water partition coefficient (Wildman–Crippen LogP) is 34.9. The molecule has 4 aromatic heterocycles. The standard InChI is InChI=1S/C20H13BrS.C20H15NS.C18H12I2.2C14H9BrS.C12H8BrI/c21-18-11-9-15(10-12-18)14-5-7-16(8-6-14)20-13-17-3-1-2-4-19(17)22-20;1-2-7-17(8-3-1)21-18-12-10-15(11-13-18)20-14-16-6-4-5-9-19(16)22-20;19-17-9-5-15(6-10-17)13-1-2-14(4-3-13)16-7-11-18(20)12-8-16;15-11-7-5-10(6-8-11)13-9-16-14-4-2-1-3-12(13)14;15-12-7-5-10(6-8-12)14-9-11-3-1-2-4-13(11)16-14;13-11-5-1-9(2-6-11)10-3-7-12(14)8-4-10/h1-13H;1-14,21H;1-12H;2*1-9H;1-8H. The van der Waals surface area contributed by atoms with E-state index in [0.717, 1.165) is 29.3 Å². The monoisotopic (exact) mass is 2080 g/mol. The Balaban J connectivity index is 0.000000111. The summed E-state index contributed by atoms with van der Waals surface area (Å²) in [4.78, 5) is 3.96. The van der Waals surface area contributed by atoms with E-state index in [4.69, 9.17) is 0 Å². The quantitative estimate of drug-likeness (QED) is 0.135. The molecule has 1 N–H and O–H groups in total. The highest BCUT2D eigenvalue weighted by molar-refractivity contribution is 14.1. The van der Waals surface area contributed by atoms with E-state index in [1.165, 1.54) is 138 Å². The van der Waals surface area contributed by atoms with Crippen molar-refractivity contribution in [3.8, 4) is 87.0 Å². The minimum absolute atomic E-state index is 1.11. The molecule has 0 amide bonds. The molecule has 0 saturated carbocycles. The lowest BCUT2D eigenvalue weighted by Gasteiger charge is -2.06. The molecule has 0 fully saturated rings. The number of hydrogen-bond acceptors (Lipinski definition) is 5. The average molecular weight is 2090 g/mol. The molecule has 0 radical (unpaired) electrons. The van der Waals surface area contributed by atoms with Gasteiger partial charge in [0.15, 0.2) is 0 Å². The van der Waals surface area contributed by atoms with Gasteiger partial charge in [0.25, 0.3) is 0 Å². The third-order valence-electron chi connectivity index (χ3n) is 17.9. The van der Waals surface area contributed by atoms with E-state index in [-0.39, 0.29) is 0 Å². The lowest BCUT2D eigenvalue weighted by atomic mass is 10.0. The topological polar surface area (TPSA) is 12.0 Å². The molecule has 0 unspecified atom stereocenters. The number of nitrogens with one attached hydrogen (secondary N) is 1. The minimum Gasteiger partial charge on any atom is -0.356 e. The molecule has 0 bridgehead atoms. The second-order valence-corrected chi connectivity index (χ2v) is 36.9. The van der Waals surface area contributed by atoms with Crippen LogP contribution in [0.2, 0.25) is 0 Å². The summed E-state index contributed by atoms with van der Waals surface area (Å²) in [7, 11) is 0. The van der Waals surface area contributed by atoms with E-state index >= 15 is 0 Å². The van der Waals surface area contributed by atoms with E-state index in [2.05, 4.69) is 512 Å². The molecular weight excluding hydrogens is 2020 g/mol. The summed E-state index contributed by atoms with van der Waals surface area (Å²) in [5.74, 6) is 0. The van der Waals surface area contributed by atoms with Gasteiger partial charge in [-0.05, 0) is 308 Å². The second kappa shape index (κ2) is 39.0. The maximum atomic E-state index is 3.48. The summed E-state index contributed by atoms with van der Waals surface area (Å²) in [6.07, 6.45) is 0. The highest BCUT2D eigenvalue weighted by atomic mass is 127. The van der Waals surface area contributed by atoms with Crippen molar-refractivity contribution in [2.75, 3.05) is 5.32 Å². The number of para-hydroxylation sites is 1. The van der Waals surface area contributed by atoms with E-state index in [1.807, 2.05) is 52.2 Å². The van der Waals surface area contributed by atoms with Crippen LogP contribution in [0.5, 0.6) is 0 Å². The van der Waals surface area contributed by atoms with Gasteiger partial charge in [-0.3, -0.25) is 0 Å². The number of rotatable bonds is 10. The van der Waals surface area contributed by atoms with Crippen molar-refractivity contribution in [2.45, 2.75) is 0 Å². The van der Waals surface area contributed by atoms with Crippen molar-refractivity contribution >= 4 is 229 Å². The Hall–Kier alpha value is -7.95. The van der Waals surface area contributed by atoms with E-state index in [1.54, 1.807) is 11.3 Å². The molecular formula is C98H66Br4I3NS4. The molecule has 0 atom stereocenters. The predicted molar refractivity (Wildman–Crippen MR) is 522 cm³/mol. The van der Waals surface area contributed by atoms with Crippen molar-refractivity contribution in [3.05, 3.63) is 422 Å². The highest BCUT2D eigenvalue weighted by Gasteiger charge is 2.10. The fraction of sp³-hybridized carbons (Fsp3) is 0. The van der Waals surface area contributed by atoms with Gasteiger partial charge >= 0.3 is 0 Å². The summed E-state index contributed by atoms with van der Waals surface area (Å²) in [5.41, 5.74) is 18.7. The summed E-state index contributed by atoms with van der Waals surface area (Å²) >= 11 is 28.1. The molecule has 12 heteroatoms. The number of fused-ring (bicyclic) bond motifs is 4. The number of benzene rings is 15. The molecule has 0 saturated heterocycles. The molecule has 110 heavy (non-hydrogen) atoms. The van der Waals surface area contributed by atoms with Crippen LogP contribution in [-0.2, 0) is 0 Å². The highest BCUT2D eigenvalue weighted by Crippen LogP contribution is 2.39. The van der Waals surface area contributed by atoms with Crippen LogP contribution in [-0.4, -0.2) is 0 Å². The first-order chi connectivity index (χ1) is 53.8. The molecule has 0 aliphatic carbocycles. The number of anilines is 2. The van der Waals surface area contributed by atoms with Crippen molar-refractivity contribution in [3.63, 3.8) is 0 Å². The van der Waals surface area contributed by atoms with Crippen LogP contribution in [0.1, 0.15) is 0 Å². The first kappa shape index (κ1) is 78.7. The zero-order chi connectivity index (χ0) is 75.6. The molecule has 536 valence electrons. The lowest BCUT2D eigenvalue weighted by Crippen LogP contribution is -1.88. The van der Waals surface area contributed by atoms with Crippen LogP contribution in [0.15, 0.2) is 412 Å². The van der Waals surface area contributed by atoms with Crippen LogP contribution in [0.25, 0.3) is 127 Å². The summed E-state index contributed by atoms with van der Waals surface area (Å²) < 4.78 is 13.6. The minimum atomic E-state index is 1.11. The maximum Gasteiger partial charge on any atom is 0.0384 e. The van der Waals surface area contributed by atoms with Crippen LogP contribution < -0.4 is 5.32 Å². The van der Waals surface area contributed by atoms with Gasteiger partial charge in [0.2, 0.25) is 0 Å². The summed E-state index contributed by atoms with van der Waals surface area (Å²) in [6.45, 7) is 0. The Morgan fingerprint density at radius 3 is 0.800 bits per heavy atom. The number of thiophene rings is 4. The average Bonchev–Trinajstić information content (AvgIpc) is 1.66. The molecule has 4 heterocycles. The first-order valence-corrected chi connectivity index (χ1v) is 44.9. The summed E-state index contributed by atoms with van der Waals surface area (Å²) in [5, 5.41) is 10.9. The molecule has 0 aliphatic heterocycles. The normalized spacial score (nSPS) is 10.7. The van der Waals surface area contributed by atoms with Crippen LogP contribution >= 0.6 is 177 Å². The van der Waals surface area contributed by atoms with Gasteiger partial charge in [-0.15, -0.1) is 45.3 Å². The van der Waals surface area contributed by atoms with Crippen LogP contribution in [0, 0.1) is 10.7 Å². The first-order valence-electron chi connectivity index (χ1n) is 35.2. The van der Waals surface area contributed by atoms with E-state index in [0.29, 0.717) is 0 Å². The van der Waals surface area contributed by atoms with Gasteiger partial charge in [0.1, 0.15) is 0 Å². The van der Waals surface area contributed by atoms with Gasteiger partial charge < -0.3 is 5.32 Å². The van der Waals surface area contributed by atoms with E-state index in [9.17, 15) is 0 Å². The van der Waals surface area contributed by atoms with E-state index < -0.39 is 0 Å². The Kier molecular flexibility index (Phi) is 27.9. The molecule has 0 spiro atoms. The van der Waals surface area contributed by atoms with Crippen molar-refractivity contribution in [2.24, 2.45) is 0 Å². The molecule has 0 aliphatic rings. The second-order valence-electron chi connectivity index (χ2n) is 25.4. The van der Waals surface area contributed by atoms with Crippen LogP contribution in [0.4, 0.5) is 11.4 Å². The lowest BCUT2D eigenvalue weighted by molar-refractivity contribution is 1.55. The molecule has 19 rings (SSSR count). The summed E-state index contributed by atoms with van der Waals surface area (Å²) in [6, 6.07) is 137. The third kappa shape index (κ3) is 21.6. The van der Waals surface area contributed by atoms with Gasteiger partial charge in [-0.1, -0.05) is 300 Å². The van der Waals surface area contributed by atoms with Gasteiger partial charge in [0.05, 0.1) is 0 Å². The largest absolute Gasteiger partial charge is 0.356 e. The third-order valence-corrected chi connectivity index (χ3v) is 26.6. The number of halogens is 7. The fourth-order valence-corrected chi connectivity index (χ4v) is 18.4. The molecule has 1 nitrogen and oxygen atoms in total. The van der Waals surface area contributed by atoms with Gasteiger partial charge in [-0.25, -0.2) is 0 Å². The molecule has 15 aromatic carbocycles. The van der Waals surface area contributed by atoms with Crippen molar-refractivity contribution in [1.82, 2.24) is 0 Å². The van der Waals surface area contributed by atoms with Gasteiger partial charge in [-0.2, -0.15) is 0 Å². The maximum absolute atomic E-state index is 3.48. The molecule has 19 aromatic rings. The zero-order valence-corrected chi connectivity index (χ0v) is 74.9. The van der Waals surface area contributed by atoms with Crippen molar-refractivity contribution < 1.29 is 0 Å². The Morgan fingerprint density at radius 2 is 0.464 bits per heavy atom. The Morgan fingerprint density at radius 1 is 0.218 bits per heavy atom. The fourth-order valence-electron chi connectivity index (χ4n) is 12.1. The Bertz CT molecular complexity index is 5910. The number of hydrogen-bond donors (Lipinski definition) is 1. The zero-order valence-electron chi connectivity index (χ0n) is 58.8. The van der Waals surface area contributed by atoms with Gasteiger partial charge in [0, 0.05) is 84.4 Å². The Labute approximate surface area is 733 Å².